The summed E-state index contributed by atoms with van der Waals surface area (Å²) in [6.45, 7) is 1.13. The van der Waals surface area contributed by atoms with Crippen molar-refractivity contribution in [1.82, 2.24) is 14.6 Å². The maximum atomic E-state index is 13.4. The third kappa shape index (κ3) is 4.69. The molecule has 0 fully saturated rings. The molecule has 1 aromatic heterocycles. The van der Waals surface area contributed by atoms with Gasteiger partial charge in [-0.15, -0.1) is 0 Å². The van der Waals surface area contributed by atoms with E-state index in [9.17, 15) is 9.59 Å². The second-order valence-electron chi connectivity index (χ2n) is 7.97. The van der Waals surface area contributed by atoms with Gasteiger partial charge in [0.1, 0.15) is 0 Å². The Balaban J connectivity index is 1.59. The zero-order valence-electron chi connectivity index (χ0n) is 18.4. The predicted octanol–water partition coefficient (Wildman–Crippen LogP) is 2.78. The number of nitrogens with one attached hydrogen (secondary N) is 1. The fourth-order valence-corrected chi connectivity index (χ4v) is 3.90. The Bertz CT molecular complexity index is 1280. The molecule has 0 unspecified atom stereocenters. The number of rotatable bonds is 5. The fourth-order valence-electron chi connectivity index (χ4n) is 3.78. The number of halogens is 1. The van der Waals surface area contributed by atoms with Gasteiger partial charge in [0.25, 0.3) is 11.5 Å². The molecular weight excluding hydrogens is 440 g/mol. The Morgan fingerprint density at radius 3 is 2.52 bits per heavy atom. The van der Waals surface area contributed by atoms with Crippen molar-refractivity contribution in [2.75, 3.05) is 31.0 Å². The molecule has 1 aliphatic heterocycles. The van der Waals surface area contributed by atoms with Crippen LogP contribution in [0.1, 0.15) is 32.7 Å². The van der Waals surface area contributed by atoms with Gasteiger partial charge in [-0.3, -0.25) is 9.59 Å². The maximum Gasteiger partial charge on any atom is 0.278 e. The van der Waals surface area contributed by atoms with Crippen LogP contribution in [0.4, 0.5) is 5.95 Å². The quantitative estimate of drug-likeness (QED) is 0.626. The lowest BCUT2D eigenvalue weighted by atomic mass is 10.0. The number of aromatic nitrogens is 2. The normalized spacial score (nSPS) is 12.6. The van der Waals surface area contributed by atoms with Crippen LogP contribution in [-0.4, -0.2) is 41.1 Å². The monoisotopic (exact) mass is 462 g/mol. The topological polar surface area (TPSA) is 94.3 Å². The number of nitriles is 1. The van der Waals surface area contributed by atoms with Gasteiger partial charge < -0.3 is 15.2 Å². The van der Waals surface area contributed by atoms with Crippen molar-refractivity contribution in [2.24, 2.45) is 0 Å². The predicted molar refractivity (Wildman–Crippen MR) is 127 cm³/mol. The van der Waals surface area contributed by atoms with Gasteiger partial charge in [-0.05, 0) is 42.0 Å². The Labute approximate surface area is 196 Å². The summed E-state index contributed by atoms with van der Waals surface area (Å²) < 4.78 is 1.48. The van der Waals surface area contributed by atoms with E-state index in [4.69, 9.17) is 21.8 Å². The third-order valence-electron chi connectivity index (χ3n) is 5.52. The second-order valence-corrected chi connectivity index (χ2v) is 8.41. The highest BCUT2D eigenvalue weighted by atomic mass is 35.5. The highest BCUT2D eigenvalue weighted by molar-refractivity contribution is 6.30. The number of fused-ring (bicyclic) bond motifs is 1. The van der Waals surface area contributed by atoms with E-state index in [-0.39, 0.29) is 18.0 Å². The molecule has 2 aromatic carbocycles. The molecule has 8 nitrogen and oxygen atoms in total. The lowest BCUT2D eigenvalue weighted by Crippen LogP contribution is -2.45. The number of hydrogen-bond donors (Lipinski definition) is 1. The number of hydrogen-bond acceptors (Lipinski definition) is 6. The number of benzene rings is 2. The minimum Gasteiger partial charge on any atom is -0.350 e. The third-order valence-corrected chi connectivity index (χ3v) is 5.77. The molecule has 168 valence electrons. The van der Waals surface area contributed by atoms with Crippen LogP contribution >= 0.6 is 11.6 Å². The Hall–Kier alpha value is -3.83. The van der Waals surface area contributed by atoms with Crippen molar-refractivity contribution in [3.05, 3.63) is 91.9 Å². The first-order valence-electron chi connectivity index (χ1n) is 10.5. The van der Waals surface area contributed by atoms with Crippen molar-refractivity contribution in [3.63, 3.8) is 0 Å². The van der Waals surface area contributed by atoms with E-state index in [1.54, 1.807) is 48.3 Å². The van der Waals surface area contributed by atoms with Gasteiger partial charge >= 0.3 is 0 Å². The molecule has 0 bridgehead atoms. The molecule has 33 heavy (non-hydrogen) atoms. The molecule has 1 amide bonds. The first-order valence-corrected chi connectivity index (χ1v) is 10.9. The van der Waals surface area contributed by atoms with Gasteiger partial charge in [0.05, 0.1) is 29.4 Å². The Kier molecular flexibility index (Phi) is 6.33. The van der Waals surface area contributed by atoms with Gasteiger partial charge in [-0.1, -0.05) is 23.7 Å². The standard InChI is InChI=1S/C24H23ClN6O2/c1-29(2)31-23(33)20-15-30(22(32)18-7-3-16(13-26)4-8-18)12-11-21(20)28-24(31)27-14-17-5-9-19(25)10-6-17/h3-10H,11-12,14-15H2,1-2H3,(H,27,28). The van der Waals surface area contributed by atoms with Gasteiger partial charge in [-0.2, -0.15) is 9.94 Å². The summed E-state index contributed by atoms with van der Waals surface area (Å²) in [6, 6.07) is 16.0. The van der Waals surface area contributed by atoms with Gasteiger partial charge in [0.15, 0.2) is 0 Å². The van der Waals surface area contributed by atoms with Crippen LogP contribution in [0.3, 0.4) is 0 Å². The van der Waals surface area contributed by atoms with E-state index in [0.29, 0.717) is 52.9 Å². The lowest BCUT2D eigenvalue weighted by Gasteiger charge is -2.30. The Morgan fingerprint density at radius 2 is 1.88 bits per heavy atom. The molecule has 9 heteroatoms. The first kappa shape index (κ1) is 22.4. The van der Waals surface area contributed by atoms with E-state index >= 15 is 0 Å². The van der Waals surface area contributed by atoms with Crippen LogP contribution in [0.15, 0.2) is 53.3 Å². The molecule has 0 radical (unpaired) electrons. The van der Waals surface area contributed by atoms with Crippen LogP contribution in [-0.2, 0) is 19.5 Å². The van der Waals surface area contributed by atoms with Crippen LogP contribution in [0, 0.1) is 11.3 Å². The zero-order chi connectivity index (χ0) is 23.5. The van der Waals surface area contributed by atoms with E-state index in [0.717, 1.165) is 5.56 Å². The fraction of sp³-hybridized carbons (Fsp3) is 0.250. The molecule has 0 saturated heterocycles. The smallest absolute Gasteiger partial charge is 0.278 e. The number of amides is 1. The molecule has 0 spiro atoms. The number of carbonyl (C=O) groups excluding carboxylic acids is 1. The highest BCUT2D eigenvalue weighted by Gasteiger charge is 2.27. The van der Waals surface area contributed by atoms with Gasteiger partial charge in [0.2, 0.25) is 5.95 Å². The minimum absolute atomic E-state index is 0.175. The molecular formula is C24H23ClN6O2. The van der Waals surface area contributed by atoms with Crippen molar-refractivity contribution in [2.45, 2.75) is 19.5 Å². The summed E-state index contributed by atoms with van der Waals surface area (Å²) in [5.41, 5.74) is 2.98. The van der Waals surface area contributed by atoms with Crippen molar-refractivity contribution in [3.8, 4) is 6.07 Å². The van der Waals surface area contributed by atoms with E-state index in [2.05, 4.69) is 5.32 Å². The largest absolute Gasteiger partial charge is 0.350 e. The average Bonchev–Trinajstić information content (AvgIpc) is 2.83. The SMILES string of the molecule is CN(C)n1c(NCc2ccc(Cl)cc2)nc2c(c1=O)CN(C(=O)c1ccc(C#N)cc1)CC2. The minimum atomic E-state index is -0.207. The lowest BCUT2D eigenvalue weighted by molar-refractivity contribution is 0.0732. The zero-order valence-corrected chi connectivity index (χ0v) is 19.1. The van der Waals surface area contributed by atoms with E-state index in [1.165, 1.54) is 4.68 Å². The summed E-state index contributed by atoms with van der Waals surface area (Å²) >= 11 is 5.96. The summed E-state index contributed by atoms with van der Waals surface area (Å²) in [7, 11) is 3.54. The van der Waals surface area contributed by atoms with Gasteiger partial charge in [0, 0.05) is 44.2 Å². The molecule has 4 rings (SSSR count). The molecule has 3 aromatic rings. The van der Waals surface area contributed by atoms with Gasteiger partial charge in [-0.25, -0.2) is 4.98 Å². The van der Waals surface area contributed by atoms with Crippen LogP contribution in [0.25, 0.3) is 0 Å². The number of anilines is 1. The summed E-state index contributed by atoms with van der Waals surface area (Å²) in [4.78, 5) is 32.7. The summed E-state index contributed by atoms with van der Waals surface area (Å²) in [5, 5.41) is 14.5. The summed E-state index contributed by atoms with van der Waals surface area (Å²) in [5.74, 6) is 0.274. The average molecular weight is 463 g/mol. The molecule has 0 atom stereocenters. The second kappa shape index (κ2) is 9.35. The maximum absolute atomic E-state index is 13.4. The van der Waals surface area contributed by atoms with Crippen molar-refractivity contribution < 1.29 is 4.79 Å². The van der Waals surface area contributed by atoms with E-state index < -0.39 is 0 Å². The molecule has 0 saturated carbocycles. The van der Waals surface area contributed by atoms with Crippen LogP contribution in [0.5, 0.6) is 0 Å². The highest BCUT2D eigenvalue weighted by Crippen LogP contribution is 2.19. The number of nitrogens with zero attached hydrogens (tertiary/aromatic N) is 5. The van der Waals surface area contributed by atoms with Crippen LogP contribution < -0.4 is 15.9 Å². The molecule has 1 N–H and O–H groups in total. The Morgan fingerprint density at radius 1 is 1.18 bits per heavy atom. The van der Waals surface area contributed by atoms with Crippen molar-refractivity contribution >= 4 is 23.5 Å². The molecule has 1 aliphatic rings. The number of carbonyl (C=O) groups is 1. The van der Waals surface area contributed by atoms with Crippen LogP contribution in [0.2, 0.25) is 5.02 Å². The molecule has 0 aliphatic carbocycles. The first-order chi connectivity index (χ1) is 15.9. The summed E-state index contributed by atoms with van der Waals surface area (Å²) in [6.07, 6.45) is 0.483. The van der Waals surface area contributed by atoms with Crippen molar-refractivity contribution in [1.29, 1.82) is 5.26 Å². The van der Waals surface area contributed by atoms with E-state index in [1.807, 2.05) is 30.3 Å². The molecule has 2 heterocycles.